The third kappa shape index (κ3) is 1.88. The Hall–Kier alpha value is -1.49. The van der Waals surface area contributed by atoms with E-state index in [9.17, 15) is 0 Å². The number of nitrogens with zero attached hydrogens (tertiary/aromatic N) is 1. The number of hydrogen-bond acceptors (Lipinski definition) is 2. The molecule has 0 unspecified atom stereocenters. The van der Waals surface area contributed by atoms with Crippen molar-refractivity contribution in [3.63, 3.8) is 0 Å². The Kier molecular flexibility index (Phi) is 2.41. The van der Waals surface area contributed by atoms with Crippen molar-refractivity contribution >= 4 is 0 Å². The van der Waals surface area contributed by atoms with Crippen molar-refractivity contribution in [1.82, 2.24) is 0 Å². The van der Waals surface area contributed by atoms with Gasteiger partial charge < -0.3 is 4.74 Å². The van der Waals surface area contributed by atoms with Crippen molar-refractivity contribution in [2.24, 2.45) is 0 Å². The van der Waals surface area contributed by atoms with E-state index in [-0.39, 0.29) is 0 Å². The van der Waals surface area contributed by atoms with E-state index in [0.717, 1.165) is 25.0 Å². The number of benzene rings is 1. The van der Waals surface area contributed by atoms with Crippen molar-refractivity contribution in [3.05, 3.63) is 29.3 Å². The molecule has 1 aliphatic rings. The highest BCUT2D eigenvalue weighted by atomic mass is 16.5. The van der Waals surface area contributed by atoms with E-state index >= 15 is 0 Å². The van der Waals surface area contributed by atoms with Gasteiger partial charge in [-0.05, 0) is 37.0 Å². The van der Waals surface area contributed by atoms with Crippen LogP contribution in [0.4, 0.5) is 0 Å². The van der Waals surface area contributed by atoms with E-state index in [1.54, 1.807) is 0 Å². The zero-order chi connectivity index (χ0) is 9.97. The molecule has 0 amide bonds. The molecule has 1 saturated carbocycles. The van der Waals surface area contributed by atoms with Crippen LogP contribution in [-0.4, -0.2) is 6.10 Å². The molecule has 1 aliphatic carbocycles. The van der Waals surface area contributed by atoms with Gasteiger partial charge in [0.2, 0.25) is 0 Å². The summed E-state index contributed by atoms with van der Waals surface area (Å²) >= 11 is 0. The molecule has 0 aromatic heterocycles. The molecule has 0 aliphatic heterocycles. The first-order valence-corrected chi connectivity index (χ1v) is 5.03. The molecule has 14 heavy (non-hydrogen) atoms. The van der Waals surface area contributed by atoms with Crippen molar-refractivity contribution < 1.29 is 4.74 Å². The summed E-state index contributed by atoms with van der Waals surface area (Å²) in [6.45, 7) is 2.10. The van der Waals surface area contributed by atoms with Gasteiger partial charge in [-0.3, -0.25) is 0 Å². The third-order valence-electron chi connectivity index (χ3n) is 2.40. The minimum absolute atomic E-state index is 0.397. The maximum atomic E-state index is 8.77. The molecule has 0 atom stereocenters. The van der Waals surface area contributed by atoms with E-state index in [0.29, 0.717) is 11.7 Å². The maximum absolute atomic E-state index is 8.77. The van der Waals surface area contributed by atoms with Crippen LogP contribution in [0.15, 0.2) is 18.2 Å². The number of ether oxygens (including phenoxy) is 1. The monoisotopic (exact) mass is 187 g/mol. The molecule has 2 nitrogen and oxygen atoms in total. The van der Waals surface area contributed by atoms with Crippen LogP contribution in [0.2, 0.25) is 0 Å². The summed E-state index contributed by atoms with van der Waals surface area (Å²) in [4.78, 5) is 0. The third-order valence-corrected chi connectivity index (χ3v) is 2.40. The Morgan fingerprint density at radius 3 is 2.86 bits per heavy atom. The van der Waals surface area contributed by atoms with Crippen LogP contribution >= 0.6 is 0 Å². The second kappa shape index (κ2) is 3.71. The Labute approximate surface area is 84.1 Å². The fraction of sp³-hybridized carbons (Fsp3) is 0.417. The van der Waals surface area contributed by atoms with Crippen LogP contribution in [0.25, 0.3) is 0 Å². The molecule has 0 saturated heterocycles. The molecular formula is C12H13NO. The minimum atomic E-state index is 0.397. The predicted molar refractivity (Wildman–Crippen MR) is 54.2 cm³/mol. The summed E-state index contributed by atoms with van der Waals surface area (Å²) < 4.78 is 5.74. The normalized spacial score (nSPS) is 14.9. The fourth-order valence-electron chi connectivity index (χ4n) is 1.39. The molecule has 0 spiro atoms. The van der Waals surface area contributed by atoms with Crippen LogP contribution in [0.5, 0.6) is 5.75 Å². The summed E-state index contributed by atoms with van der Waals surface area (Å²) in [7, 11) is 0. The van der Waals surface area contributed by atoms with Gasteiger partial charge in [0.15, 0.2) is 0 Å². The molecular weight excluding hydrogens is 174 g/mol. The van der Waals surface area contributed by atoms with Gasteiger partial charge in [-0.15, -0.1) is 0 Å². The Morgan fingerprint density at radius 1 is 1.50 bits per heavy atom. The van der Waals surface area contributed by atoms with E-state index in [1.807, 2.05) is 18.2 Å². The zero-order valence-corrected chi connectivity index (χ0v) is 8.29. The summed E-state index contributed by atoms with van der Waals surface area (Å²) in [5, 5.41) is 8.77. The van der Waals surface area contributed by atoms with Gasteiger partial charge in [-0.25, -0.2) is 0 Å². The van der Waals surface area contributed by atoms with E-state index in [2.05, 4.69) is 13.0 Å². The molecule has 0 radical (unpaired) electrons. The summed E-state index contributed by atoms with van der Waals surface area (Å²) in [5.74, 6) is 0.897. The van der Waals surface area contributed by atoms with Gasteiger partial charge in [-0.1, -0.05) is 13.0 Å². The van der Waals surface area contributed by atoms with Gasteiger partial charge in [0.25, 0.3) is 0 Å². The van der Waals surface area contributed by atoms with Gasteiger partial charge in [0.05, 0.1) is 17.7 Å². The Balaban J connectivity index is 2.27. The first-order chi connectivity index (χ1) is 6.83. The van der Waals surface area contributed by atoms with E-state index in [1.165, 1.54) is 5.56 Å². The molecule has 72 valence electrons. The fourth-order valence-corrected chi connectivity index (χ4v) is 1.39. The molecule has 0 bridgehead atoms. The highest BCUT2D eigenvalue weighted by Gasteiger charge is 2.24. The van der Waals surface area contributed by atoms with Crippen molar-refractivity contribution in [1.29, 1.82) is 5.26 Å². The van der Waals surface area contributed by atoms with Gasteiger partial charge in [-0.2, -0.15) is 5.26 Å². The highest BCUT2D eigenvalue weighted by molar-refractivity contribution is 5.42. The number of rotatable bonds is 3. The minimum Gasteiger partial charge on any atom is -0.490 e. The number of hydrogen-bond donors (Lipinski definition) is 0. The lowest BCUT2D eigenvalue weighted by molar-refractivity contribution is 0.300. The van der Waals surface area contributed by atoms with Crippen LogP contribution in [-0.2, 0) is 6.42 Å². The topological polar surface area (TPSA) is 33.0 Å². The smallest absolute Gasteiger partial charge is 0.124 e. The average molecular weight is 187 g/mol. The Morgan fingerprint density at radius 2 is 2.29 bits per heavy atom. The lowest BCUT2D eigenvalue weighted by Gasteiger charge is -2.09. The molecule has 0 N–H and O–H groups in total. The van der Waals surface area contributed by atoms with Crippen LogP contribution in [0.3, 0.4) is 0 Å². The predicted octanol–water partition coefficient (Wildman–Crippen LogP) is 2.66. The lowest BCUT2D eigenvalue weighted by atomic mass is 10.1. The van der Waals surface area contributed by atoms with Gasteiger partial charge in [0.1, 0.15) is 5.75 Å². The van der Waals surface area contributed by atoms with Crippen molar-refractivity contribution in [3.8, 4) is 11.8 Å². The summed E-state index contributed by atoms with van der Waals surface area (Å²) in [6.07, 6.45) is 3.66. The number of nitriles is 1. The van der Waals surface area contributed by atoms with Crippen molar-refractivity contribution in [2.45, 2.75) is 32.3 Å². The second-order valence-electron chi connectivity index (χ2n) is 3.61. The molecule has 2 heteroatoms. The molecule has 1 fully saturated rings. The summed E-state index contributed by atoms with van der Waals surface area (Å²) in [5.41, 5.74) is 1.87. The lowest BCUT2D eigenvalue weighted by Crippen LogP contribution is -1.99. The van der Waals surface area contributed by atoms with Crippen LogP contribution < -0.4 is 4.74 Å². The van der Waals surface area contributed by atoms with E-state index in [4.69, 9.17) is 10.00 Å². The van der Waals surface area contributed by atoms with Crippen LogP contribution in [0, 0.1) is 11.3 Å². The largest absolute Gasteiger partial charge is 0.490 e. The van der Waals surface area contributed by atoms with Crippen molar-refractivity contribution in [2.75, 3.05) is 0 Å². The molecule has 1 aromatic rings. The standard InChI is InChI=1S/C12H13NO/c1-2-10-4-3-9(8-13)7-12(10)14-11-5-6-11/h3-4,7,11H,2,5-6H2,1H3. The first-order valence-electron chi connectivity index (χ1n) is 5.03. The van der Waals surface area contributed by atoms with Gasteiger partial charge in [0, 0.05) is 0 Å². The first kappa shape index (κ1) is 9.08. The quantitative estimate of drug-likeness (QED) is 0.728. The SMILES string of the molecule is CCc1ccc(C#N)cc1OC1CC1. The average Bonchev–Trinajstić information content (AvgIpc) is 3.01. The van der Waals surface area contributed by atoms with E-state index < -0.39 is 0 Å². The number of aryl methyl sites for hydroxylation is 1. The zero-order valence-electron chi connectivity index (χ0n) is 8.29. The molecule has 0 heterocycles. The molecule has 1 aromatic carbocycles. The second-order valence-corrected chi connectivity index (χ2v) is 3.61. The van der Waals surface area contributed by atoms with Crippen LogP contribution in [0.1, 0.15) is 30.9 Å². The molecule has 2 rings (SSSR count). The van der Waals surface area contributed by atoms with Gasteiger partial charge >= 0.3 is 0 Å². The summed E-state index contributed by atoms with van der Waals surface area (Å²) in [6, 6.07) is 7.80. The highest BCUT2D eigenvalue weighted by Crippen LogP contribution is 2.30. The Bertz CT molecular complexity index is 374. The maximum Gasteiger partial charge on any atom is 0.124 e.